The largest absolute Gasteiger partial charge is 0.0848 e. The van der Waals surface area contributed by atoms with Gasteiger partial charge in [0, 0.05) is 0 Å². The lowest BCUT2D eigenvalue weighted by molar-refractivity contribution is 0.0423. The van der Waals surface area contributed by atoms with Crippen LogP contribution >= 0.6 is 0 Å². The van der Waals surface area contributed by atoms with Crippen LogP contribution in [0, 0.1) is 48.3 Å². The summed E-state index contributed by atoms with van der Waals surface area (Å²) in [6, 6.07) is 18.4. The van der Waals surface area contributed by atoms with Gasteiger partial charge in [-0.25, -0.2) is 0 Å². The Morgan fingerprint density at radius 2 is 1.31 bits per heavy atom. The molecule has 2 aromatic rings. The third-order valence-electron chi connectivity index (χ3n) is 8.62. The van der Waals surface area contributed by atoms with Crippen molar-refractivity contribution in [3.05, 3.63) is 82.9 Å². The van der Waals surface area contributed by atoms with Crippen molar-refractivity contribution in [1.29, 1.82) is 0 Å². The number of aryl methyl sites for hydroxylation is 2. The summed E-state index contributed by atoms with van der Waals surface area (Å²) < 4.78 is 0. The standard InChI is InChI=1S/C29H36/c1-19-4-6-23(7-5-19)17-24-10-8-22(9-11-24)12-13-25-16-20(2)28-26-14-15-27(18-26)29(28)21(25)3/h4-11,14-15,20-21,25-29H,12-13,16-18H2,1-3H3. The first-order valence-corrected chi connectivity index (χ1v) is 11.9. The predicted octanol–water partition coefficient (Wildman–Crippen LogP) is 7.25. The number of hydrogen-bond acceptors (Lipinski definition) is 0. The Hall–Kier alpha value is -1.82. The molecule has 2 saturated carbocycles. The topological polar surface area (TPSA) is 0 Å². The van der Waals surface area contributed by atoms with Crippen molar-refractivity contribution in [2.45, 2.75) is 52.9 Å². The summed E-state index contributed by atoms with van der Waals surface area (Å²) in [4.78, 5) is 0. The Balaban J connectivity index is 1.19. The molecule has 0 aliphatic heterocycles. The van der Waals surface area contributed by atoms with E-state index in [0.717, 1.165) is 47.8 Å². The smallest absolute Gasteiger partial charge is 0.00258 e. The molecule has 0 radical (unpaired) electrons. The minimum absolute atomic E-state index is 0.895. The van der Waals surface area contributed by atoms with Crippen molar-refractivity contribution in [3.8, 4) is 0 Å². The van der Waals surface area contributed by atoms with Gasteiger partial charge in [-0.3, -0.25) is 0 Å². The van der Waals surface area contributed by atoms with Crippen molar-refractivity contribution >= 4 is 0 Å². The molecule has 2 aromatic carbocycles. The van der Waals surface area contributed by atoms with Gasteiger partial charge in [0.05, 0.1) is 0 Å². The number of benzene rings is 2. The molecule has 2 bridgehead atoms. The summed E-state index contributed by atoms with van der Waals surface area (Å²) in [6.07, 6.45) is 11.7. The highest BCUT2D eigenvalue weighted by atomic mass is 14.6. The van der Waals surface area contributed by atoms with Gasteiger partial charge in [0.25, 0.3) is 0 Å². The zero-order chi connectivity index (χ0) is 20.0. The van der Waals surface area contributed by atoms with Crippen LogP contribution in [0.4, 0.5) is 0 Å². The molecule has 2 fully saturated rings. The van der Waals surface area contributed by atoms with E-state index in [9.17, 15) is 0 Å². The van der Waals surface area contributed by atoms with Crippen molar-refractivity contribution < 1.29 is 0 Å². The first kappa shape index (κ1) is 19.2. The first-order chi connectivity index (χ1) is 14.1. The molecule has 29 heavy (non-hydrogen) atoms. The van der Waals surface area contributed by atoms with E-state index in [1.165, 1.54) is 47.9 Å². The highest BCUT2D eigenvalue weighted by molar-refractivity contribution is 5.30. The molecule has 5 rings (SSSR count). The zero-order valence-corrected chi connectivity index (χ0v) is 18.4. The molecule has 3 aliphatic carbocycles. The Morgan fingerprint density at radius 1 is 0.724 bits per heavy atom. The summed E-state index contributed by atoms with van der Waals surface area (Å²) in [5.41, 5.74) is 5.69. The van der Waals surface area contributed by atoms with Gasteiger partial charge in [0.15, 0.2) is 0 Å². The molecule has 152 valence electrons. The van der Waals surface area contributed by atoms with E-state index < -0.39 is 0 Å². The van der Waals surface area contributed by atoms with Gasteiger partial charge in [-0.15, -0.1) is 0 Å². The Labute approximate surface area is 177 Å². The molecular formula is C29H36. The molecule has 0 N–H and O–H groups in total. The maximum atomic E-state index is 2.58. The molecule has 0 amide bonds. The van der Waals surface area contributed by atoms with Crippen LogP contribution in [-0.2, 0) is 12.8 Å². The second kappa shape index (κ2) is 7.78. The van der Waals surface area contributed by atoms with E-state index >= 15 is 0 Å². The van der Waals surface area contributed by atoms with Crippen LogP contribution in [0.25, 0.3) is 0 Å². The van der Waals surface area contributed by atoms with E-state index in [1.807, 2.05) is 0 Å². The van der Waals surface area contributed by atoms with E-state index in [0.29, 0.717) is 0 Å². The number of hydrogen-bond donors (Lipinski definition) is 0. The van der Waals surface area contributed by atoms with Crippen LogP contribution < -0.4 is 0 Å². The van der Waals surface area contributed by atoms with Gasteiger partial charge in [0.2, 0.25) is 0 Å². The van der Waals surface area contributed by atoms with Crippen LogP contribution in [0.15, 0.2) is 60.7 Å². The second-order valence-electron chi connectivity index (χ2n) is 10.5. The van der Waals surface area contributed by atoms with E-state index in [1.54, 1.807) is 0 Å². The number of allylic oxidation sites excluding steroid dienone is 2. The summed E-state index contributed by atoms with van der Waals surface area (Å²) in [7, 11) is 0. The van der Waals surface area contributed by atoms with Gasteiger partial charge < -0.3 is 0 Å². The number of fused-ring (bicyclic) bond motifs is 5. The van der Waals surface area contributed by atoms with Gasteiger partial charge >= 0.3 is 0 Å². The Morgan fingerprint density at radius 3 is 2.00 bits per heavy atom. The minimum Gasteiger partial charge on any atom is -0.0848 e. The van der Waals surface area contributed by atoms with Crippen molar-refractivity contribution in [1.82, 2.24) is 0 Å². The molecule has 0 saturated heterocycles. The van der Waals surface area contributed by atoms with Crippen LogP contribution in [0.5, 0.6) is 0 Å². The lowest BCUT2D eigenvalue weighted by Gasteiger charge is -2.46. The first-order valence-electron chi connectivity index (χ1n) is 11.9. The maximum absolute atomic E-state index is 2.58. The third-order valence-corrected chi connectivity index (χ3v) is 8.62. The summed E-state index contributed by atoms with van der Waals surface area (Å²) in [5, 5.41) is 0. The van der Waals surface area contributed by atoms with E-state index in [4.69, 9.17) is 0 Å². The molecule has 3 aliphatic rings. The molecule has 0 aromatic heterocycles. The van der Waals surface area contributed by atoms with Crippen molar-refractivity contribution in [2.75, 3.05) is 0 Å². The monoisotopic (exact) mass is 384 g/mol. The van der Waals surface area contributed by atoms with Crippen LogP contribution in [0.3, 0.4) is 0 Å². The summed E-state index contributed by atoms with van der Waals surface area (Å²) in [5.74, 6) is 6.48. The van der Waals surface area contributed by atoms with Gasteiger partial charge in [0.1, 0.15) is 0 Å². The van der Waals surface area contributed by atoms with Crippen molar-refractivity contribution in [2.24, 2.45) is 41.4 Å². The van der Waals surface area contributed by atoms with E-state index in [-0.39, 0.29) is 0 Å². The molecule has 7 unspecified atom stereocenters. The van der Waals surface area contributed by atoms with E-state index in [2.05, 4.69) is 81.5 Å². The highest BCUT2D eigenvalue weighted by Gasteiger charge is 2.52. The molecule has 0 nitrogen and oxygen atoms in total. The quantitative estimate of drug-likeness (QED) is 0.476. The molecule has 7 atom stereocenters. The predicted molar refractivity (Wildman–Crippen MR) is 123 cm³/mol. The average Bonchev–Trinajstić information content (AvgIpc) is 3.35. The number of rotatable bonds is 5. The minimum atomic E-state index is 0.895. The Kier molecular flexibility index (Phi) is 5.14. The normalized spacial score (nSPS) is 35.1. The van der Waals surface area contributed by atoms with Crippen LogP contribution in [-0.4, -0.2) is 0 Å². The molecule has 0 spiro atoms. The fraction of sp³-hybridized carbons (Fsp3) is 0.517. The lowest BCUT2D eigenvalue weighted by Crippen LogP contribution is -2.40. The zero-order valence-electron chi connectivity index (χ0n) is 18.4. The fourth-order valence-electron chi connectivity index (χ4n) is 7.10. The maximum Gasteiger partial charge on any atom is -0.00258 e. The van der Waals surface area contributed by atoms with Crippen LogP contribution in [0.2, 0.25) is 0 Å². The highest BCUT2D eigenvalue weighted by Crippen LogP contribution is 2.59. The average molecular weight is 385 g/mol. The van der Waals surface area contributed by atoms with Crippen LogP contribution in [0.1, 0.15) is 55.4 Å². The third kappa shape index (κ3) is 3.72. The fourth-order valence-corrected chi connectivity index (χ4v) is 7.10. The molecular weight excluding hydrogens is 348 g/mol. The molecule has 0 heteroatoms. The Bertz CT molecular complexity index is 856. The van der Waals surface area contributed by atoms with Gasteiger partial charge in [-0.1, -0.05) is 80.1 Å². The van der Waals surface area contributed by atoms with Crippen molar-refractivity contribution in [3.63, 3.8) is 0 Å². The molecule has 0 heterocycles. The summed E-state index contributed by atoms with van der Waals surface area (Å²) in [6.45, 7) is 7.28. The SMILES string of the molecule is Cc1ccc(Cc2ccc(CCC3CC(C)C4C5C=CC(C5)C4C3C)cc2)cc1. The lowest BCUT2D eigenvalue weighted by atomic mass is 9.59. The summed E-state index contributed by atoms with van der Waals surface area (Å²) >= 11 is 0. The van der Waals surface area contributed by atoms with Gasteiger partial charge in [-0.05, 0) is 97.1 Å². The van der Waals surface area contributed by atoms with Gasteiger partial charge in [-0.2, -0.15) is 0 Å². The second-order valence-corrected chi connectivity index (χ2v) is 10.5.